The van der Waals surface area contributed by atoms with E-state index < -0.39 is 6.09 Å². The number of esters is 1. The Bertz CT molecular complexity index is 276. The van der Waals surface area contributed by atoms with Gasteiger partial charge in [0.2, 0.25) is 0 Å². The van der Waals surface area contributed by atoms with Crippen LogP contribution in [0.5, 0.6) is 0 Å². The third kappa shape index (κ3) is 8.61. The van der Waals surface area contributed by atoms with Gasteiger partial charge >= 0.3 is 12.1 Å². The highest BCUT2D eigenvalue weighted by Crippen LogP contribution is 2.07. The van der Waals surface area contributed by atoms with Crippen LogP contribution in [-0.2, 0) is 14.3 Å². The topological polar surface area (TPSA) is 64.6 Å². The van der Waals surface area contributed by atoms with Crippen molar-refractivity contribution < 1.29 is 19.1 Å². The number of hydrogen-bond acceptors (Lipinski definition) is 4. The van der Waals surface area contributed by atoms with Crippen molar-refractivity contribution in [2.75, 3.05) is 14.2 Å². The monoisotopic (exact) mass is 257 g/mol. The summed E-state index contributed by atoms with van der Waals surface area (Å²) in [6.07, 6.45) is 7.38. The minimum absolute atomic E-state index is 0.0134. The lowest BCUT2D eigenvalue weighted by molar-refractivity contribution is -0.140. The number of hydrogen-bond donors (Lipinski definition) is 1. The molecule has 5 nitrogen and oxygen atoms in total. The molecule has 18 heavy (non-hydrogen) atoms. The average molecular weight is 257 g/mol. The highest BCUT2D eigenvalue weighted by molar-refractivity contribution is 5.69. The Labute approximate surface area is 109 Å². The minimum Gasteiger partial charge on any atom is -0.469 e. The number of amides is 1. The van der Waals surface area contributed by atoms with Crippen LogP contribution >= 0.6 is 0 Å². The molecule has 0 radical (unpaired) electrons. The second kappa shape index (κ2) is 10.6. The number of unbranched alkanes of at least 4 members (excludes halogenated alkanes) is 2. The zero-order valence-electron chi connectivity index (χ0n) is 11.4. The summed E-state index contributed by atoms with van der Waals surface area (Å²) in [4.78, 5) is 22.0. The Morgan fingerprint density at radius 2 is 1.89 bits per heavy atom. The molecular weight excluding hydrogens is 234 g/mol. The zero-order chi connectivity index (χ0) is 13.8. The van der Waals surface area contributed by atoms with Gasteiger partial charge in [0.25, 0.3) is 0 Å². The van der Waals surface area contributed by atoms with Crippen LogP contribution in [-0.4, -0.2) is 32.3 Å². The molecule has 0 aromatic carbocycles. The van der Waals surface area contributed by atoms with Crippen LogP contribution in [0.2, 0.25) is 0 Å². The van der Waals surface area contributed by atoms with E-state index in [2.05, 4.69) is 14.8 Å². The molecule has 0 aliphatic heterocycles. The van der Waals surface area contributed by atoms with Crippen LogP contribution in [0.25, 0.3) is 0 Å². The van der Waals surface area contributed by atoms with Crippen molar-refractivity contribution in [1.29, 1.82) is 0 Å². The SMILES string of the molecule is CC=CC(CCCCCC(=O)OC)NC(=O)OC. The number of alkyl carbamates (subject to hydrolysis) is 1. The van der Waals surface area contributed by atoms with Gasteiger partial charge in [-0.3, -0.25) is 4.79 Å². The van der Waals surface area contributed by atoms with Gasteiger partial charge in [-0.1, -0.05) is 25.0 Å². The summed E-state index contributed by atoms with van der Waals surface area (Å²) in [6, 6.07) is -0.0134. The molecule has 0 rings (SSSR count). The molecule has 0 aliphatic carbocycles. The number of ether oxygens (including phenoxy) is 2. The summed E-state index contributed by atoms with van der Waals surface area (Å²) in [5, 5.41) is 2.74. The molecule has 0 spiro atoms. The van der Waals surface area contributed by atoms with E-state index in [1.165, 1.54) is 14.2 Å². The third-order valence-corrected chi connectivity index (χ3v) is 2.54. The first-order valence-electron chi connectivity index (χ1n) is 6.18. The molecule has 1 amide bonds. The molecule has 1 N–H and O–H groups in total. The van der Waals surface area contributed by atoms with Crippen molar-refractivity contribution in [1.82, 2.24) is 5.32 Å². The quantitative estimate of drug-likeness (QED) is 0.412. The first-order valence-corrected chi connectivity index (χ1v) is 6.18. The fraction of sp³-hybridized carbons (Fsp3) is 0.692. The molecule has 0 saturated carbocycles. The smallest absolute Gasteiger partial charge is 0.407 e. The normalized spacial score (nSPS) is 12.2. The van der Waals surface area contributed by atoms with Crippen molar-refractivity contribution in [3.8, 4) is 0 Å². The fourth-order valence-corrected chi connectivity index (χ4v) is 1.57. The van der Waals surface area contributed by atoms with Crippen molar-refractivity contribution in [3.63, 3.8) is 0 Å². The lowest BCUT2D eigenvalue weighted by atomic mass is 10.1. The van der Waals surface area contributed by atoms with Gasteiger partial charge in [0.1, 0.15) is 0 Å². The molecule has 0 saturated heterocycles. The number of rotatable bonds is 8. The summed E-state index contributed by atoms with van der Waals surface area (Å²) in [7, 11) is 2.74. The van der Waals surface area contributed by atoms with E-state index in [9.17, 15) is 9.59 Å². The van der Waals surface area contributed by atoms with Gasteiger partial charge in [0.05, 0.1) is 20.3 Å². The standard InChI is InChI=1S/C13H23NO4/c1-4-8-11(14-13(16)18-3)9-6-5-7-10-12(15)17-2/h4,8,11H,5-7,9-10H2,1-3H3,(H,14,16). The van der Waals surface area contributed by atoms with Crippen LogP contribution in [0.3, 0.4) is 0 Å². The summed E-state index contributed by atoms with van der Waals surface area (Å²) in [5.74, 6) is -0.173. The van der Waals surface area contributed by atoms with E-state index >= 15 is 0 Å². The zero-order valence-corrected chi connectivity index (χ0v) is 11.4. The molecule has 0 fully saturated rings. The van der Waals surface area contributed by atoms with Crippen LogP contribution in [0.15, 0.2) is 12.2 Å². The van der Waals surface area contributed by atoms with E-state index in [0.29, 0.717) is 6.42 Å². The first-order chi connectivity index (χ1) is 8.63. The maximum atomic E-state index is 11.1. The molecule has 0 heterocycles. The summed E-state index contributed by atoms with van der Waals surface area (Å²) >= 11 is 0. The number of allylic oxidation sites excluding steroid dienone is 1. The maximum Gasteiger partial charge on any atom is 0.407 e. The van der Waals surface area contributed by atoms with E-state index in [-0.39, 0.29) is 12.0 Å². The second-order valence-electron chi connectivity index (χ2n) is 3.94. The Hall–Kier alpha value is -1.52. The Morgan fingerprint density at radius 1 is 1.17 bits per heavy atom. The number of nitrogens with one attached hydrogen (secondary N) is 1. The molecule has 0 bridgehead atoms. The van der Waals surface area contributed by atoms with Crippen molar-refractivity contribution in [2.24, 2.45) is 0 Å². The fourth-order valence-electron chi connectivity index (χ4n) is 1.57. The second-order valence-corrected chi connectivity index (χ2v) is 3.94. The molecular formula is C13H23NO4. The molecule has 5 heteroatoms. The predicted octanol–water partition coefficient (Wildman–Crippen LogP) is 2.41. The Morgan fingerprint density at radius 3 is 2.44 bits per heavy atom. The number of methoxy groups -OCH3 is 2. The van der Waals surface area contributed by atoms with Crippen LogP contribution in [0.4, 0.5) is 4.79 Å². The Balaban J connectivity index is 3.77. The van der Waals surface area contributed by atoms with Crippen LogP contribution in [0.1, 0.15) is 39.0 Å². The van der Waals surface area contributed by atoms with Gasteiger partial charge in [-0.25, -0.2) is 4.79 Å². The van der Waals surface area contributed by atoms with Gasteiger partial charge in [0, 0.05) is 6.42 Å². The van der Waals surface area contributed by atoms with Crippen molar-refractivity contribution >= 4 is 12.1 Å². The Kier molecular flexibility index (Phi) is 9.73. The molecule has 104 valence electrons. The lowest BCUT2D eigenvalue weighted by Gasteiger charge is -2.13. The molecule has 0 aromatic heterocycles. The van der Waals surface area contributed by atoms with E-state index in [0.717, 1.165) is 25.7 Å². The highest BCUT2D eigenvalue weighted by Gasteiger charge is 2.08. The first kappa shape index (κ1) is 16.5. The van der Waals surface area contributed by atoms with Gasteiger partial charge in [-0.2, -0.15) is 0 Å². The number of carbonyl (C=O) groups is 2. The van der Waals surface area contributed by atoms with Gasteiger partial charge < -0.3 is 14.8 Å². The van der Waals surface area contributed by atoms with Crippen LogP contribution < -0.4 is 5.32 Å². The largest absolute Gasteiger partial charge is 0.469 e. The predicted molar refractivity (Wildman–Crippen MR) is 69.2 cm³/mol. The van der Waals surface area contributed by atoms with E-state index in [1.54, 1.807) is 0 Å². The minimum atomic E-state index is -0.423. The summed E-state index contributed by atoms with van der Waals surface area (Å²) in [5.41, 5.74) is 0. The average Bonchev–Trinajstić information content (AvgIpc) is 2.37. The molecule has 0 aromatic rings. The van der Waals surface area contributed by atoms with Gasteiger partial charge in [-0.05, 0) is 19.8 Å². The summed E-state index contributed by atoms with van der Waals surface area (Å²) < 4.78 is 9.12. The maximum absolute atomic E-state index is 11.1. The van der Waals surface area contributed by atoms with E-state index in [1.807, 2.05) is 19.1 Å². The number of carbonyl (C=O) groups excluding carboxylic acids is 2. The van der Waals surface area contributed by atoms with E-state index in [4.69, 9.17) is 0 Å². The van der Waals surface area contributed by atoms with Crippen LogP contribution in [0, 0.1) is 0 Å². The van der Waals surface area contributed by atoms with Crippen molar-refractivity contribution in [3.05, 3.63) is 12.2 Å². The highest BCUT2D eigenvalue weighted by atomic mass is 16.5. The van der Waals surface area contributed by atoms with Gasteiger partial charge in [0.15, 0.2) is 0 Å². The molecule has 0 aliphatic rings. The molecule has 1 atom stereocenters. The summed E-state index contributed by atoms with van der Waals surface area (Å²) in [6.45, 7) is 1.91. The van der Waals surface area contributed by atoms with Gasteiger partial charge in [-0.15, -0.1) is 0 Å². The third-order valence-electron chi connectivity index (χ3n) is 2.54. The van der Waals surface area contributed by atoms with Crippen molar-refractivity contribution in [2.45, 2.75) is 45.1 Å². The molecule has 1 unspecified atom stereocenters. The lowest BCUT2D eigenvalue weighted by Crippen LogP contribution is -2.33.